The molecule has 11 heteroatoms. The predicted molar refractivity (Wildman–Crippen MR) is 130 cm³/mol. The third kappa shape index (κ3) is 6.12. The van der Waals surface area contributed by atoms with Crippen molar-refractivity contribution in [3.8, 4) is 5.75 Å². The highest BCUT2D eigenvalue weighted by molar-refractivity contribution is 5.55. The molecule has 4 rings (SSSR count). The second-order valence-corrected chi connectivity index (χ2v) is 7.89. The summed E-state index contributed by atoms with van der Waals surface area (Å²) >= 11 is 0. The normalized spacial score (nSPS) is 14.9. The third-order valence-electron chi connectivity index (χ3n) is 5.55. The van der Waals surface area contributed by atoms with Crippen LogP contribution in [0, 0.1) is 0 Å². The van der Waals surface area contributed by atoms with E-state index in [0.29, 0.717) is 36.5 Å². The quantitative estimate of drug-likeness (QED) is 0.318. The van der Waals surface area contributed by atoms with E-state index >= 15 is 0 Å². The molecule has 0 aliphatic carbocycles. The summed E-state index contributed by atoms with van der Waals surface area (Å²) in [5, 5.41) is 7.50. The van der Waals surface area contributed by atoms with E-state index in [9.17, 15) is 0 Å². The Labute approximate surface area is 198 Å². The molecule has 0 bridgehead atoms. The molecule has 3 aromatic rings. The monoisotopic (exact) mass is 468 g/mol. The minimum atomic E-state index is 0.202. The summed E-state index contributed by atoms with van der Waals surface area (Å²) in [6.07, 6.45) is 3.59. The molecule has 0 saturated carbocycles. The molecule has 11 nitrogen and oxygen atoms in total. The molecular weight excluding hydrogens is 436 g/mol. The van der Waals surface area contributed by atoms with Gasteiger partial charge in [0, 0.05) is 26.2 Å². The first-order valence-electron chi connectivity index (χ1n) is 11.5. The minimum absolute atomic E-state index is 0.202. The van der Waals surface area contributed by atoms with Gasteiger partial charge in [-0.3, -0.25) is 4.90 Å². The van der Waals surface area contributed by atoms with Gasteiger partial charge in [-0.1, -0.05) is 12.1 Å². The Morgan fingerprint density at radius 1 is 1.18 bits per heavy atom. The van der Waals surface area contributed by atoms with Crippen molar-refractivity contribution in [2.45, 2.75) is 19.8 Å². The van der Waals surface area contributed by atoms with Crippen LogP contribution in [0.15, 0.2) is 30.3 Å². The summed E-state index contributed by atoms with van der Waals surface area (Å²) in [6.45, 7) is 7.94. The number of nitrogens with one attached hydrogen (secondary N) is 1. The van der Waals surface area contributed by atoms with E-state index in [2.05, 4.69) is 42.4 Å². The lowest BCUT2D eigenvalue weighted by Gasteiger charge is -2.26. The van der Waals surface area contributed by atoms with E-state index in [1.54, 1.807) is 13.2 Å². The molecule has 3 N–H and O–H groups in total. The van der Waals surface area contributed by atoms with Crippen molar-refractivity contribution >= 4 is 23.4 Å². The number of methoxy groups -OCH3 is 1. The lowest BCUT2D eigenvalue weighted by molar-refractivity contribution is 0.0358. The van der Waals surface area contributed by atoms with Gasteiger partial charge in [-0.15, -0.1) is 5.10 Å². The molecule has 0 spiro atoms. The van der Waals surface area contributed by atoms with Crippen LogP contribution in [0.1, 0.15) is 24.7 Å². The van der Waals surface area contributed by atoms with E-state index < -0.39 is 0 Å². The van der Waals surface area contributed by atoms with E-state index in [0.717, 1.165) is 51.4 Å². The first-order valence-corrected chi connectivity index (χ1v) is 11.5. The number of hydrogen-bond donors (Lipinski definition) is 2. The predicted octanol–water partition coefficient (Wildman–Crippen LogP) is 1.86. The molecule has 0 unspecified atom stereocenters. The topological polar surface area (TPSA) is 125 Å². The largest absolute Gasteiger partial charge is 0.494 e. The van der Waals surface area contributed by atoms with Crippen LogP contribution < -0.4 is 15.8 Å². The van der Waals surface area contributed by atoms with Gasteiger partial charge in [0.15, 0.2) is 5.76 Å². The summed E-state index contributed by atoms with van der Waals surface area (Å²) in [7, 11) is 1.56. The van der Waals surface area contributed by atoms with E-state index in [-0.39, 0.29) is 5.95 Å². The van der Waals surface area contributed by atoms with Crippen LogP contribution >= 0.6 is 0 Å². The third-order valence-corrected chi connectivity index (χ3v) is 5.55. The zero-order chi connectivity index (χ0) is 23.8. The highest BCUT2D eigenvalue weighted by Crippen LogP contribution is 2.15. The smallest absolute Gasteiger partial charge is 0.259 e. The fourth-order valence-electron chi connectivity index (χ4n) is 3.70. The van der Waals surface area contributed by atoms with Crippen LogP contribution in [0.2, 0.25) is 0 Å². The number of rotatable bonds is 11. The highest BCUT2D eigenvalue weighted by Gasteiger charge is 2.14. The summed E-state index contributed by atoms with van der Waals surface area (Å²) in [6, 6.07) is 8.17. The molecule has 1 aliphatic rings. The molecule has 182 valence electrons. The van der Waals surface area contributed by atoms with Gasteiger partial charge in [-0.2, -0.15) is 19.5 Å². The lowest BCUT2D eigenvalue weighted by Crippen LogP contribution is -2.37. The minimum Gasteiger partial charge on any atom is -0.494 e. The zero-order valence-corrected chi connectivity index (χ0v) is 19.7. The Morgan fingerprint density at radius 2 is 1.97 bits per heavy atom. The van der Waals surface area contributed by atoms with Gasteiger partial charge in [-0.05, 0) is 43.5 Å². The zero-order valence-electron chi connectivity index (χ0n) is 19.7. The molecule has 1 fully saturated rings. The fraction of sp³-hybridized carbons (Fsp3) is 0.478. The number of morpholine rings is 1. The molecular formula is C23H32N8O3. The Balaban J connectivity index is 1.23. The summed E-state index contributed by atoms with van der Waals surface area (Å²) in [4.78, 5) is 15.5. The molecule has 1 aliphatic heterocycles. The number of hydrogen-bond acceptors (Lipinski definition) is 10. The second-order valence-electron chi connectivity index (χ2n) is 7.89. The average molecular weight is 469 g/mol. The Bertz CT molecular complexity index is 1090. The molecule has 3 heterocycles. The molecule has 2 aromatic heterocycles. The maximum absolute atomic E-state index is 6.03. The molecule has 0 amide bonds. The van der Waals surface area contributed by atoms with Crippen molar-refractivity contribution in [2.24, 2.45) is 0 Å². The van der Waals surface area contributed by atoms with Crippen LogP contribution in [0.5, 0.6) is 5.75 Å². The Kier molecular flexibility index (Phi) is 8.10. The van der Waals surface area contributed by atoms with Gasteiger partial charge in [0.05, 0.1) is 26.9 Å². The number of fused-ring (bicyclic) bond motifs is 1. The number of benzene rings is 1. The standard InChI is InChI=1S/C23H32N8O3/c1-3-19(32-2)20-26-23-28-22(27-21(24)31(23)29-20)25-10-9-17-5-7-18(8-6-17)34-14-4-11-30-12-15-33-16-13-30/h3,5-8H,4,9-16H2,1-2H3,(H3,24,25,26,27,28,29)/b19-3-. The molecule has 1 aromatic carbocycles. The van der Waals surface area contributed by atoms with Crippen LogP contribution in [0.25, 0.3) is 11.5 Å². The van der Waals surface area contributed by atoms with Crippen molar-refractivity contribution < 1.29 is 14.2 Å². The van der Waals surface area contributed by atoms with Gasteiger partial charge in [0.25, 0.3) is 5.78 Å². The van der Waals surface area contributed by atoms with Crippen LogP contribution in [0.3, 0.4) is 0 Å². The number of allylic oxidation sites excluding steroid dienone is 1. The van der Waals surface area contributed by atoms with Crippen molar-refractivity contribution in [3.63, 3.8) is 0 Å². The van der Waals surface area contributed by atoms with E-state index in [4.69, 9.17) is 19.9 Å². The summed E-state index contributed by atoms with van der Waals surface area (Å²) in [5.74, 6) is 2.81. The number of nitrogens with two attached hydrogens (primary N) is 1. The molecule has 34 heavy (non-hydrogen) atoms. The maximum Gasteiger partial charge on any atom is 0.259 e. The number of nitrogen functional groups attached to an aromatic ring is 1. The van der Waals surface area contributed by atoms with E-state index in [1.165, 1.54) is 10.1 Å². The van der Waals surface area contributed by atoms with Crippen molar-refractivity contribution in [3.05, 3.63) is 41.7 Å². The molecule has 1 saturated heterocycles. The van der Waals surface area contributed by atoms with Crippen LogP contribution in [-0.2, 0) is 15.9 Å². The summed E-state index contributed by atoms with van der Waals surface area (Å²) < 4.78 is 17.9. The van der Waals surface area contributed by atoms with Gasteiger partial charge in [0.1, 0.15) is 5.75 Å². The van der Waals surface area contributed by atoms with Crippen LogP contribution in [0.4, 0.5) is 11.9 Å². The molecule has 0 atom stereocenters. The van der Waals surface area contributed by atoms with Gasteiger partial charge < -0.3 is 25.3 Å². The maximum atomic E-state index is 6.03. The second kappa shape index (κ2) is 11.6. The number of nitrogens with zero attached hydrogens (tertiary/aromatic N) is 6. The average Bonchev–Trinajstić information content (AvgIpc) is 3.29. The van der Waals surface area contributed by atoms with Crippen molar-refractivity contribution in [2.75, 3.05) is 64.2 Å². The van der Waals surface area contributed by atoms with Crippen molar-refractivity contribution in [1.82, 2.24) is 29.5 Å². The Morgan fingerprint density at radius 3 is 2.71 bits per heavy atom. The van der Waals surface area contributed by atoms with E-state index in [1.807, 2.05) is 19.1 Å². The first kappa shape index (κ1) is 23.7. The van der Waals surface area contributed by atoms with Crippen molar-refractivity contribution in [1.29, 1.82) is 0 Å². The lowest BCUT2D eigenvalue weighted by atomic mass is 10.1. The van der Waals surface area contributed by atoms with Gasteiger partial charge in [-0.25, -0.2) is 0 Å². The number of aromatic nitrogens is 5. The highest BCUT2D eigenvalue weighted by atomic mass is 16.5. The summed E-state index contributed by atoms with van der Waals surface area (Å²) in [5.41, 5.74) is 7.22. The van der Waals surface area contributed by atoms with Crippen LogP contribution in [-0.4, -0.2) is 82.6 Å². The molecule has 0 radical (unpaired) electrons. The fourth-order valence-corrected chi connectivity index (χ4v) is 3.70. The van der Waals surface area contributed by atoms with Gasteiger partial charge in [0.2, 0.25) is 17.7 Å². The number of anilines is 2. The Hall–Kier alpha value is -3.44. The van der Waals surface area contributed by atoms with Gasteiger partial charge >= 0.3 is 0 Å². The number of ether oxygens (including phenoxy) is 3. The first-order chi connectivity index (χ1) is 16.7. The SMILES string of the molecule is C/C=C(\OC)c1nc2nc(NCCc3ccc(OCCCN4CCOCC4)cc3)nc(N)n2n1.